The quantitative estimate of drug-likeness (QED) is 0.908. The number of likely N-dealkylation sites (N-methyl/N-ethyl adjacent to an activating group) is 1. The van der Waals surface area contributed by atoms with Gasteiger partial charge < -0.3 is 14.9 Å². The molecular formula is C14H21ClN2O. The van der Waals surface area contributed by atoms with E-state index >= 15 is 0 Å². The molecule has 1 saturated heterocycles. The zero-order valence-corrected chi connectivity index (χ0v) is 11.8. The van der Waals surface area contributed by atoms with Gasteiger partial charge in [-0.1, -0.05) is 17.7 Å². The molecular weight excluding hydrogens is 248 g/mol. The normalized spacial score (nSPS) is 19.8. The Balaban J connectivity index is 2.27. The molecule has 4 heteroatoms. The van der Waals surface area contributed by atoms with E-state index < -0.39 is 0 Å². The van der Waals surface area contributed by atoms with Gasteiger partial charge in [-0.25, -0.2) is 0 Å². The summed E-state index contributed by atoms with van der Waals surface area (Å²) < 4.78 is 0. The van der Waals surface area contributed by atoms with Gasteiger partial charge in [0.05, 0.1) is 6.61 Å². The van der Waals surface area contributed by atoms with Crippen molar-refractivity contribution in [1.29, 1.82) is 0 Å². The fourth-order valence-electron chi connectivity index (χ4n) is 2.74. The van der Waals surface area contributed by atoms with Gasteiger partial charge in [-0.3, -0.25) is 0 Å². The summed E-state index contributed by atoms with van der Waals surface area (Å²) in [5, 5.41) is 10.2. The Morgan fingerprint density at radius 3 is 2.89 bits per heavy atom. The third kappa shape index (κ3) is 2.79. The van der Waals surface area contributed by atoms with Gasteiger partial charge in [0.25, 0.3) is 0 Å². The number of nitrogens with zero attached hydrogens (tertiary/aromatic N) is 2. The zero-order chi connectivity index (χ0) is 13.1. The van der Waals surface area contributed by atoms with Crippen LogP contribution in [0.2, 0.25) is 5.02 Å². The van der Waals surface area contributed by atoms with E-state index in [1.54, 1.807) is 0 Å². The summed E-state index contributed by atoms with van der Waals surface area (Å²) >= 11 is 6.16. The molecule has 0 amide bonds. The van der Waals surface area contributed by atoms with E-state index in [-0.39, 0.29) is 6.61 Å². The minimum absolute atomic E-state index is 0.000189. The largest absolute Gasteiger partial charge is 0.392 e. The predicted octanol–water partition coefficient (Wildman–Crippen LogP) is 2.36. The molecule has 1 aliphatic rings. The Bertz CT molecular complexity index is 409. The molecule has 1 unspecified atom stereocenters. The summed E-state index contributed by atoms with van der Waals surface area (Å²) in [4.78, 5) is 4.60. The van der Waals surface area contributed by atoms with Gasteiger partial charge in [0.1, 0.15) is 0 Å². The summed E-state index contributed by atoms with van der Waals surface area (Å²) in [5.41, 5.74) is 1.94. The molecule has 0 aliphatic carbocycles. The molecule has 1 N–H and O–H groups in total. The fourth-order valence-corrected chi connectivity index (χ4v) is 2.97. The smallest absolute Gasteiger partial charge is 0.0716 e. The van der Waals surface area contributed by atoms with E-state index in [1.165, 1.54) is 12.8 Å². The molecule has 1 aliphatic heterocycles. The van der Waals surface area contributed by atoms with Crippen molar-refractivity contribution in [2.75, 3.05) is 32.1 Å². The lowest BCUT2D eigenvalue weighted by Crippen LogP contribution is -2.38. The van der Waals surface area contributed by atoms with Crippen LogP contribution in [0, 0.1) is 0 Å². The molecule has 100 valence electrons. The first-order valence-electron chi connectivity index (χ1n) is 6.43. The van der Waals surface area contributed by atoms with E-state index in [1.807, 2.05) is 12.1 Å². The van der Waals surface area contributed by atoms with Gasteiger partial charge in [-0.2, -0.15) is 0 Å². The molecule has 0 saturated carbocycles. The second kappa shape index (κ2) is 5.91. The van der Waals surface area contributed by atoms with Crippen molar-refractivity contribution in [2.45, 2.75) is 25.5 Å². The molecule has 3 nitrogen and oxygen atoms in total. The molecule has 18 heavy (non-hydrogen) atoms. The topological polar surface area (TPSA) is 26.7 Å². The number of anilines is 1. The van der Waals surface area contributed by atoms with Gasteiger partial charge in [0.2, 0.25) is 0 Å². The zero-order valence-electron chi connectivity index (χ0n) is 11.1. The Morgan fingerprint density at radius 2 is 2.22 bits per heavy atom. The highest BCUT2D eigenvalue weighted by Crippen LogP contribution is 2.32. The summed E-state index contributed by atoms with van der Waals surface area (Å²) in [6.45, 7) is 2.09. The molecule has 2 rings (SSSR count). The van der Waals surface area contributed by atoms with E-state index in [0.717, 1.165) is 24.3 Å². The van der Waals surface area contributed by atoms with Crippen LogP contribution in [-0.4, -0.2) is 43.2 Å². The van der Waals surface area contributed by atoms with Crippen LogP contribution in [0.25, 0.3) is 0 Å². The van der Waals surface area contributed by atoms with Crippen LogP contribution >= 0.6 is 11.6 Å². The Morgan fingerprint density at radius 1 is 1.44 bits per heavy atom. The first-order chi connectivity index (χ1) is 8.63. The number of benzene rings is 1. The van der Waals surface area contributed by atoms with Crippen LogP contribution in [0.1, 0.15) is 18.4 Å². The Kier molecular flexibility index (Phi) is 4.49. The maximum Gasteiger partial charge on any atom is 0.0716 e. The Hall–Kier alpha value is -0.770. The standard InChI is InChI=1S/C14H21ClN2O/c1-16(2)9-11-5-4-8-17(11)14-7-3-6-13(15)12(14)10-18/h3,6-7,11,18H,4-5,8-10H2,1-2H3. The maximum atomic E-state index is 9.51. The fraction of sp³-hybridized carbons (Fsp3) is 0.571. The number of aliphatic hydroxyl groups excluding tert-OH is 1. The van der Waals surface area contributed by atoms with E-state index in [2.05, 4.69) is 30.0 Å². The molecule has 1 heterocycles. The number of halogens is 1. The highest BCUT2D eigenvalue weighted by atomic mass is 35.5. The number of rotatable bonds is 4. The third-order valence-electron chi connectivity index (χ3n) is 3.51. The second-order valence-electron chi connectivity index (χ2n) is 5.15. The van der Waals surface area contributed by atoms with E-state index in [0.29, 0.717) is 11.1 Å². The SMILES string of the molecule is CN(C)CC1CCCN1c1cccc(Cl)c1CO. The number of hydrogen-bond acceptors (Lipinski definition) is 3. The van der Waals surface area contributed by atoms with Crippen LogP contribution in [0.15, 0.2) is 18.2 Å². The van der Waals surface area contributed by atoms with Crippen molar-refractivity contribution in [2.24, 2.45) is 0 Å². The van der Waals surface area contributed by atoms with Gasteiger partial charge in [-0.15, -0.1) is 0 Å². The third-order valence-corrected chi connectivity index (χ3v) is 3.87. The lowest BCUT2D eigenvalue weighted by Gasteiger charge is -2.30. The predicted molar refractivity (Wildman–Crippen MR) is 76.3 cm³/mol. The molecule has 0 aromatic heterocycles. The first kappa shape index (κ1) is 13.7. The number of hydrogen-bond donors (Lipinski definition) is 1. The van der Waals surface area contributed by atoms with E-state index in [9.17, 15) is 5.11 Å². The van der Waals surface area contributed by atoms with Crippen molar-refractivity contribution in [1.82, 2.24) is 4.90 Å². The van der Waals surface area contributed by atoms with E-state index in [4.69, 9.17) is 11.6 Å². The van der Waals surface area contributed by atoms with Crippen LogP contribution in [0.3, 0.4) is 0 Å². The van der Waals surface area contributed by atoms with Gasteiger partial charge >= 0.3 is 0 Å². The van der Waals surface area contributed by atoms with Crippen LogP contribution < -0.4 is 4.90 Å². The lowest BCUT2D eigenvalue weighted by atomic mass is 10.1. The first-order valence-corrected chi connectivity index (χ1v) is 6.81. The molecule has 0 spiro atoms. The van der Waals surface area contributed by atoms with Crippen molar-refractivity contribution in [3.8, 4) is 0 Å². The van der Waals surface area contributed by atoms with Crippen LogP contribution in [0.5, 0.6) is 0 Å². The summed E-state index contributed by atoms with van der Waals surface area (Å²) in [6, 6.07) is 6.38. The molecule has 1 atom stereocenters. The van der Waals surface area contributed by atoms with Gasteiger partial charge in [-0.05, 0) is 39.1 Å². The molecule has 1 fully saturated rings. The molecule has 1 aromatic rings. The average molecular weight is 269 g/mol. The highest BCUT2D eigenvalue weighted by molar-refractivity contribution is 6.31. The number of aliphatic hydroxyl groups is 1. The van der Waals surface area contributed by atoms with Gasteiger partial charge in [0.15, 0.2) is 0 Å². The van der Waals surface area contributed by atoms with Crippen molar-refractivity contribution >= 4 is 17.3 Å². The highest BCUT2D eigenvalue weighted by Gasteiger charge is 2.27. The molecule has 1 aromatic carbocycles. The van der Waals surface area contributed by atoms with Crippen LogP contribution in [-0.2, 0) is 6.61 Å². The average Bonchev–Trinajstić information content (AvgIpc) is 2.75. The minimum Gasteiger partial charge on any atom is -0.392 e. The van der Waals surface area contributed by atoms with Crippen molar-refractivity contribution in [3.63, 3.8) is 0 Å². The van der Waals surface area contributed by atoms with Crippen LogP contribution in [0.4, 0.5) is 5.69 Å². The summed E-state index contributed by atoms with van der Waals surface area (Å²) in [7, 11) is 4.20. The maximum absolute atomic E-state index is 9.51. The van der Waals surface area contributed by atoms with Crippen molar-refractivity contribution in [3.05, 3.63) is 28.8 Å². The molecule has 0 radical (unpaired) electrons. The minimum atomic E-state index is 0.000189. The Labute approximate surface area is 114 Å². The van der Waals surface area contributed by atoms with Crippen molar-refractivity contribution < 1.29 is 5.11 Å². The monoisotopic (exact) mass is 268 g/mol. The summed E-state index contributed by atoms with van der Waals surface area (Å²) in [5.74, 6) is 0. The second-order valence-corrected chi connectivity index (χ2v) is 5.55. The molecule has 0 bridgehead atoms. The van der Waals surface area contributed by atoms with Gasteiger partial charge in [0, 0.05) is 35.4 Å². The summed E-state index contributed by atoms with van der Waals surface area (Å²) in [6.07, 6.45) is 2.41. The lowest BCUT2D eigenvalue weighted by molar-refractivity contribution is 0.282.